The van der Waals surface area contributed by atoms with Crippen molar-refractivity contribution in [3.63, 3.8) is 0 Å². The van der Waals surface area contributed by atoms with Gasteiger partial charge in [0.1, 0.15) is 0 Å². The molecule has 0 aliphatic carbocycles. The van der Waals surface area contributed by atoms with Crippen molar-refractivity contribution in [2.75, 3.05) is 7.11 Å². The summed E-state index contributed by atoms with van der Waals surface area (Å²) >= 11 is 0. The Hall–Kier alpha value is -4.56. The minimum absolute atomic E-state index is 0.0451. The van der Waals surface area contributed by atoms with Gasteiger partial charge in [0.25, 0.3) is 0 Å². The van der Waals surface area contributed by atoms with Crippen molar-refractivity contribution >= 4 is 95.0 Å². The Labute approximate surface area is 322 Å². The summed E-state index contributed by atoms with van der Waals surface area (Å²) in [6.45, 7) is 0. The van der Waals surface area contributed by atoms with E-state index in [0.717, 1.165) is 48.3 Å². The lowest BCUT2D eigenvalue weighted by atomic mass is 9.93. The highest BCUT2D eigenvalue weighted by Gasteiger charge is 2.34. The van der Waals surface area contributed by atoms with Gasteiger partial charge in [0.05, 0.1) is 10.6 Å². The van der Waals surface area contributed by atoms with Crippen LogP contribution in [0.15, 0.2) is 182 Å². The normalized spacial score (nSPS) is 13.1. The SMILES string of the molecule is COP(=O)(O)c1cc(P(c2ccccc2)c2ccccc2)c(-c2c(P(c3ccccc3)c3ccccc3)cc(P(=O)(O)O)c3ccccc23)c2ccccc12. The van der Waals surface area contributed by atoms with Gasteiger partial charge in [-0.1, -0.05) is 170 Å². The van der Waals surface area contributed by atoms with E-state index in [1.165, 1.54) is 7.11 Å². The first-order valence-corrected chi connectivity index (χ1v) is 23.4. The highest BCUT2D eigenvalue weighted by atomic mass is 31.2. The third kappa shape index (κ3) is 7.19. The van der Waals surface area contributed by atoms with E-state index in [0.29, 0.717) is 16.2 Å². The maximum Gasteiger partial charge on any atom is 0.359 e. The summed E-state index contributed by atoms with van der Waals surface area (Å²) in [6, 6.07) is 59.0. The molecule has 0 bridgehead atoms. The average Bonchev–Trinajstić information content (AvgIpc) is 3.22. The van der Waals surface area contributed by atoms with Gasteiger partial charge >= 0.3 is 15.2 Å². The Bertz CT molecular complexity index is 2660. The minimum Gasteiger partial charge on any atom is -0.321 e. The van der Waals surface area contributed by atoms with Crippen LogP contribution in [0.2, 0.25) is 0 Å². The molecule has 0 aliphatic rings. The summed E-state index contributed by atoms with van der Waals surface area (Å²) < 4.78 is 32.9. The molecule has 8 rings (SSSR count). The van der Waals surface area contributed by atoms with Gasteiger partial charge < -0.3 is 19.2 Å². The summed E-state index contributed by atoms with van der Waals surface area (Å²) in [6.07, 6.45) is 0. The van der Waals surface area contributed by atoms with Crippen LogP contribution in [0.25, 0.3) is 32.7 Å². The van der Waals surface area contributed by atoms with E-state index >= 15 is 0 Å². The van der Waals surface area contributed by atoms with E-state index in [9.17, 15) is 23.8 Å². The van der Waals surface area contributed by atoms with Crippen molar-refractivity contribution in [2.45, 2.75) is 0 Å². The molecule has 0 spiro atoms. The van der Waals surface area contributed by atoms with Gasteiger partial charge in [-0.3, -0.25) is 9.13 Å². The molecule has 6 nitrogen and oxygen atoms in total. The predicted molar refractivity (Wildman–Crippen MR) is 232 cm³/mol. The van der Waals surface area contributed by atoms with Crippen LogP contribution >= 0.6 is 31.0 Å². The van der Waals surface area contributed by atoms with Crippen molar-refractivity contribution in [1.82, 2.24) is 0 Å². The highest BCUT2D eigenvalue weighted by molar-refractivity contribution is 7.81. The predicted octanol–water partition coefficient (Wildman–Crippen LogP) is 7.44. The lowest BCUT2D eigenvalue weighted by Gasteiger charge is -2.30. The number of benzene rings is 8. The van der Waals surface area contributed by atoms with Gasteiger partial charge in [-0.15, -0.1) is 0 Å². The third-order valence-corrected chi connectivity index (χ3v) is 17.1. The van der Waals surface area contributed by atoms with Crippen molar-refractivity contribution in [3.8, 4) is 11.1 Å². The van der Waals surface area contributed by atoms with Gasteiger partial charge in [0, 0.05) is 7.11 Å². The molecule has 8 aromatic carbocycles. The molecule has 3 N–H and O–H groups in total. The minimum atomic E-state index is -4.81. The van der Waals surface area contributed by atoms with Crippen molar-refractivity contribution in [2.24, 2.45) is 0 Å². The van der Waals surface area contributed by atoms with E-state index in [4.69, 9.17) is 4.52 Å². The first-order valence-electron chi connectivity index (χ1n) is 17.5. The number of hydrogen-bond donors (Lipinski definition) is 3. The van der Waals surface area contributed by atoms with E-state index in [-0.39, 0.29) is 10.6 Å². The summed E-state index contributed by atoms with van der Waals surface area (Å²) in [7, 11) is -10.7. The monoisotopic (exact) mass is 796 g/mol. The molecule has 55 heavy (non-hydrogen) atoms. The Morgan fingerprint density at radius 3 is 1.04 bits per heavy atom. The summed E-state index contributed by atoms with van der Waals surface area (Å²) in [5.41, 5.74) is 1.64. The quantitative estimate of drug-likeness (QED) is 0.125. The van der Waals surface area contributed by atoms with Crippen LogP contribution in [0.5, 0.6) is 0 Å². The second kappa shape index (κ2) is 15.5. The third-order valence-electron chi connectivity index (χ3n) is 9.66. The molecular formula is C45H36O6P4. The zero-order valence-corrected chi connectivity index (χ0v) is 33.3. The standard InChI is InChI=1S/C45H36O6P4/c1-51-55(49,50)43-31-41(53(34-22-10-4-11-23-34)35-24-12-5-13-25-35)45(39-29-17-15-27-37(39)43)44-38-28-16-14-26-36(38)42(54(46,47)48)30-40(44)52(32-18-6-2-7-19-32)33-20-8-3-9-21-33/h2-31H,1H3,(H,49,50)(H2,46,47,48). The lowest BCUT2D eigenvalue weighted by molar-refractivity contribution is 0.328. The Kier molecular flexibility index (Phi) is 10.5. The average molecular weight is 797 g/mol. The zero-order valence-electron chi connectivity index (χ0n) is 29.7. The van der Waals surface area contributed by atoms with Gasteiger partial charge in [0.2, 0.25) is 0 Å². The molecule has 0 aromatic heterocycles. The molecule has 8 aromatic rings. The van der Waals surface area contributed by atoms with Crippen molar-refractivity contribution < 1.29 is 28.3 Å². The van der Waals surface area contributed by atoms with Crippen LogP contribution in [-0.4, -0.2) is 21.8 Å². The number of hydrogen-bond acceptors (Lipinski definition) is 3. The summed E-state index contributed by atoms with van der Waals surface area (Å²) in [5.74, 6) is 0. The molecule has 0 saturated heterocycles. The van der Waals surface area contributed by atoms with Gasteiger partial charge in [-0.25, -0.2) is 0 Å². The van der Waals surface area contributed by atoms with Crippen LogP contribution in [0, 0.1) is 0 Å². The first-order chi connectivity index (χ1) is 26.7. The molecule has 0 fully saturated rings. The molecule has 0 heterocycles. The van der Waals surface area contributed by atoms with Crippen LogP contribution < -0.4 is 42.4 Å². The zero-order chi connectivity index (χ0) is 38.2. The van der Waals surface area contributed by atoms with E-state index in [1.807, 2.05) is 115 Å². The second-order valence-electron chi connectivity index (χ2n) is 12.9. The molecule has 272 valence electrons. The Morgan fingerprint density at radius 1 is 0.418 bits per heavy atom. The highest BCUT2D eigenvalue weighted by Crippen LogP contribution is 2.50. The Balaban J connectivity index is 1.64. The Morgan fingerprint density at radius 2 is 0.709 bits per heavy atom. The molecule has 10 heteroatoms. The molecular weight excluding hydrogens is 760 g/mol. The molecule has 1 atom stereocenters. The topological polar surface area (TPSA) is 104 Å². The summed E-state index contributed by atoms with van der Waals surface area (Å²) in [4.78, 5) is 33.5. The largest absolute Gasteiger partial charge is 0.359 e. The van der Waals surface area contributed by atoms with Gasteiger partial charge in [0.15, 0.2) is 0 Å². The fourth-order valence-corrected chi connectivity index (χ4v) is 14.3. The fourth-order valence-electron chi connectivity index (χ4n) is 7.30. The van der Waals surface area contributed by atoms with E-state index in [1.54, 1.807) is 18.2 Å². The number of fused-ring (bicyclic) bond motifs is 2. The van der Waals surface area contributed by atoms with E-state index in [2.05, 4.69) is 48.5 Å². The first kappa shape index (κ1) is 37.4. The molecule has 0 aliphatic heterocycles. The van der Waals surface area contributed by atoms with Crippen LogP contribution in [-0.2, 0) is 13.7 Å². The molecule has 0 amide bonds. The fraction of sp³-hybridized carbons (Fsp3) is 0.0222. The maximum absolute atomic E-state index is 14.1. The van der Waals surface area contributed by atoms with Gasteiger partial charge in [-0.2, -0.15) is 0 Å². The van der Waals surface area contributed by atoms with Crippen LogP contribution in [0.4, 0.5) is 0 Å². The van der Waals surface area contributed by atoms with Crippen molar-refractivity contribution in [1.29, 1.82) is 0 Å². The van der Waals surface area contributed by atoms with Crippen molar-refractivity contribution in [3.05, 3.63) is 182 Å². The van der Waals surface area contributed by atoms with Crippen LogP contribution in [0.3, 0.4) is 0 Å². The van der Waals surface area contributed by atoms with E-state index < -0.39 is 31.0 Å². The molecule has 0 radical (unpaired) electrons. The van der Waals surface area contributed by atoms with Gasteiger partial charge in [-0.05, 0) is 92.5 Å². The lowest BCUT2D eigenvalue weighted by Crippen LogP contribution is -2.29. The van der Waals surface area contributed by atoms with Crippen LogP contribution in [0.1, 0.15) is 0 Å². The summed E-state index contributed by atoms with van der Waals surface area (Å²) in [5, 5.41) is 8.20. The smallest absolute Gasteiger partial charge is 0.321 e. The molecule has 0 saturated carbocycles. The second-order valence-corrected chi connectivity index (χ2v) is 20.8. The molecule has 1 unspecified atom stereocenters. The maximum atomic E-state index is 14.1. The number of rotatable bonds is 10.